The predicted octanol–water partition coefficient (Wildman–Crippen LogP) is 6.45. The van der Waals surface area contributed by atoms with Crippen LogP contribution in [0.1, 0.15) is 76.0 Å². The average molecular weight is 352 g/mol. The van der Waals surface area contributed by atoms with E-state index in [1.807, 2.05) is 6.92 Å². The van der Waals surface area contributed by atoms with Crippen LogP contribution in [0.5, 0.6) is 0 Å². The Balaban J connectivity index is 1.80. The summed E-state index contributed by atoms with van der Waals surface area (Å²) in [5.74, 6) is 1.02. The Kier molecular flexibility index (Phi) is 5.40. The summed E-state index contributed by atoms with van der Waals surface area (Å²) in [5.41, 5.74) is 0.531. The normalized spacial score (nSPS) is 19.2. The van der Waals surface area contributed by atoms with Gasteiger partial charge in [-0.05, 0) is 42.7 Å². The van der Waals surface area contributed by atoms with Crippen LogP contribution in [0.15, 0.2) is 24.7 Å². The van der Waals surface area contributed by atoms with Crippen LogP contribution >= 0.6 is 0 Å². The first kappa shape index (κ1) is 18.3. The standard InChI is InChI=1S/C20H27F3N2/c1-14(11-16-6-4-3-5-7-16)10-15(2)19-18(20(21,22)23)9-8-17-12-24-13-25(17)19/h8-9,12-16H,3-7,10-11H2,1-2H3. The molecule has 0 bridgehead atoms. The monoisotopic (exact) mass is 352 g/mol. The zero-order chi connectivity index (χ0) is 18.0. The minimum absolute atomic E-state index is 0.159. The van der Waals surface area contributed by atoms with Gasteiger partial charge in [0.1, 0.15) is 0 Å². The molecular formula is C20H27F3N2. The van der Waals surface area contributed by atoms with E-state index >= 15 is 0 Å². The summed E-state index contributed by atoms with van der Waals surface area (Å²) in [6.45, 7) is 4.10. The number of nitrogens with zero attached hydrogens (tertiary/aromatic N) is 2. The highest BCUT2D eigenvalue weighted by atomic mass is 19.4. The molecule has 2 unspecified atom stereocenters. The van der Waals surface area contributed by atoms with Crippen molar-refractivity contribution in [3.8, 4) is 0 Å². The van der Waals surface area contributed by atoms with Gasteiger partial charge < -0.3 is 4.40 Å². The minimum Gasteiger partial charge on any atom is -0.302 e. The van der Waals surface area contributed by atoms with Gasteiger partial charge in [-0.1, -0.05) is 46.0 Å². The van der Waals surface area contributed by atoms with Crippen LogP contribution in [0.3, 0.4) is 0 Å². The number of alkyl halides is 3. The van der Waals surface area contributed by atoms with Gasteiger partial charge in [0, 0.05) is 5.69 Å². The first-order valence-electron chi connectivity index (χ1n) is 9.38. The fourth-order valence-electron chi connectivity index (χ4n) is 4.56. The van der Waals surface area contributed by atoms with Crippen LogP contribution < -0.4 is 0 Å². The summed E-state index contributed by atoms with van der Waals surface area (Å²) in [4.78, 5) is 4.04. The van der Waals surface area contributed by atoms with Gasteiger partial charge in [-0.15, -0.1) is 0 Å². The maximum absolute atomic E-state index is 13.5. The molecule has 0 radical (unpaired) electrons. The van der Waals surface area contributed by atoms with Crippen molar-refractivity contribution in [2.75, 3.05) is 0 Å². The van der Waals surface area contributed by atoms with Gasteiger partial charge in [-0.25, -0.2) is 4.98 Å². The molecule has 1 fully saturated rings. The Morgan fingerprint density at radius 2 is 1.88 bits per heavy atom. The van der Waals surface area contributed by atoms with E-state index in [1.165, 1.54) is 50.6 Å². The predicted molar refractivity (Wildman–Crippen MR) is 93.6 cm³/mol. The molecule has 0 aromatic carbocycles. The van der Waals surface area contributed by atoms with Crippen LogP contribution in [-0.2, 0) is 6.18 Å². The van der Waals surface area contributed by atoms with Crippen molar-refractivity contribution in [2.24, 2.45) is 11.8 Å². The van der Waals surface area contributed by atoms with Crippen molar-refractivity contribution < 1.29 is 13.2 Å². The van der Waals surface area contributed by atoms with Crippen LogP contribution in [0.2, 0.25) is 0 Å². The number of hydrogen-bond donors (Lipinski definition) is 0. The van der Waals surface area contributed by atoms with E-state index < -0.39 is 11.7 Å². The molecule has 2 atom stereocenters. The Labute approximate surface area is 147 Å². The SMILES string of the molecule is CC(CC1CCCCC1)CC(C)c1c(C(F)(F)F)ccc2cncn12. The third-order valence-corrected chi connectivity index (χ3v) is 5.61. The van der Waals surface area contributed by atoms with Crippen molar-refractivity contribution in [2.45, 2.75) is 70.9 Å². The van der Waals surface area contributed by atoms with E-state index in [9.17, 15) is 13.2 Å². The summed E-state index contributed by atoms with van der Waals surface area (Å²) in [7, 11) is 0. The Bertz CT molecular complexity index is 699. The lowest BCUT2D eigenvalue weighted by Gasteiger charge is -2.27. The third-order valence-electron chi connectivity index (χ3n) is 5.61. The molecule has 25 heavy (non-hydrogen) atoms. The lowest BCUT2D eigenvalue weighted by molar-refractivity contribution is -0.138. The van der Waals surface area contributed by atoms with E-state index in [2.05, 4.69) is 11.9 Å². The Hall–Kier alpha value is -1.52. The van der Waals surface area contributed by atoms with Crippen LogP contribution in [0.25, 0.3) is 5.52 Å². The lowest BCUT2D eigenvalue weighted by Crippen LogP contribution is -2.17. The Morgan fingerprint density at radius 3 is 2.56 bits per heavy atom. The van der Waals surface area contributed by atoms with Gasteiger partial charge in [0.25, 0.3) is 0 Å². The van der Waals surface area contributed by atoms with Gasteiger partial charge >= 0.3 is 6.18 Å². The van der Waals surface area contributed by atoms with E-state index in [4.69, 9.17) is 0 Å². The second-order valence-corrected chi connectivity index (χ2v) is 7.80. The van der Waals surface area contributed by atoms with Gasteiger partial charge in [0.05, 0.1) is 23.6 Å². The van der Waals surface area contributed by atoms with Crippen LogP contribution in [0.4, 0.5) is 13.2 Å². The molecule has 0 amide bonds. The molecule has 1 aliphatic rings. The van der Waals surface area contributed by atoms with Crippen LogP contribution in [-0.4, -0.2) is 9.38 Å². The second-order valence-electron chi connectivity index (χ2n) is 7.80. The summed E-state index contributed by atoms with van der Waals surface area (Å²) >= 11 is 0. The van der Waals surface area contributed by atoms with Gasteiger partial charge in [-0.3, -0.25) is 0 Å². The highest BCUT2D eigenvalue weighted by Gasteiger charge is 2.36. The number of hydrogen-bond acceptors (Lipinski definition) is 1. The smallest absolute Gasteiger partial charge is 0.302 e. The number of aromatic nitrogens is 2. The molecule has 2 nitrogen and oxygen atoms in total. The topological polar surface area (TPSA) is 17.3 Å². The number of pyridine rings is 1. The first-order valence-corrected chi connectivity index (χ1v) is 9.38. The number of rotatable bonds is 5. The quantitative estimate of drug-likeness (QED) is 0.604. The summed E-state index contributed by atoms with van der Waals surface area (Å²) in [6.07, 6.45) is 7.19. The highest BCUT2D eigenvalue weighted by molar-refractivity contribution is 5.49. The lowest BCUT2D eigenvalue weighted by atomic mass is 9.80. The molecule has 2 heterocycles. The number of fused-ring (bicyclic) bond motifs is 1. The fourth-order valence-corrected chi connectivity index (χ4v) is 4.56. The van der Waals surface area contributed by atoms with Crippen molar-refractivity contribution >= 4 is 5.52 Å². The fraction of sp³-hybridized carbons (Fsp3) is 0.650. The average Bonchev–Trinajstić information content (AvgIpc) is 3.02. The van der Waals surface area contributed by atoms with E-state index in [-0.39, 0.29) is 5.92 Å². The van der Waals surface area contributed by atoms with E-state index in [0.717, 1.165) is 24.3 Å². The largest absolute Gasteiger partial charge is 0.418 e. The molecule has 0 saturated heterocycles. The highest BCUT2D eigenvalue weighted by Crippen LogP contribution is 2.39. The van der Waals surface area contributed by atoms with E-state index in [1.54, 1.807) is 10.6 Å². The molecule has 0 spiro atoms. The van der Waals surface area contributed by atoms with Gasteiger partial charge in [-0.2, -0.15) is 13.2 Å². The molecule has 3 rings (SSSR count). The van der Waals surface area contributed by atoms with Crippen LogP contribution in [0, 0.1) is 11.8 Å². The maximum Gasteiger partial charge on any atom is 0.418 e. The minimum atomic E-state index is -4.34. The maximum atomic E-state index is 13.5. The molecule has 2 aromatic rings. The molecule has 5 heteroatoms. The summed E-state index contributed by atoms with van der Waals surface area (Å²) in [6, 6.07) is 2.70. The third kappa shape index (κ3) is 4.18. The Morgan fingerprint density at radius 1 is 1.16 bits per heavy atom. The van der Waals surface area contributed by atoms with Gasteiger partial charge in [0.15, 0.2) is 0 Å². The molecule has 2 aromatic heterocycles. The van der Waals surface area contributed by atoms with Crippen molar-refractivity contribution in [1.29, 1.82) is 0 Å². The van der Waals surface area contributed by atoms with Gasteiger partial charge in [0.2, 0.25) is 0 Å². The molecule has 1 saturated carbocycles. The number of halogens is 3. The van der Waals surface area contributed by atoms with Crippen molar-refractivity contribution in [3.63, 3.8) is 0 Å². The molecule has 0 N–H and O–H groups in total. The molecule has 1 aliphatic carbocycles. The molecule has 138 valence electrons. The number of imidazole rings is 1. The zero-order valence-electron chi connectivity index (χ0n) is 15.0. The molecule has 0 aliphatic heterocycles. The van der Waals surface area contributed by atoms with Crippen molar-refractivity contribution in [1.82, 2.24) is 9.38 Å². The zero-order valence-corrected chi connectivity index (χ0v) is 15.0. The van der Waals surface area contributed by atoms with E-state index in [0.29, 0.717) is 11.6 Å². The van der Waals surface area contributed by atoms with Crippen molar-refractivity contribution in [3.05, 3.63) is 35.9 Å². The summed E-state index contributed by atoms with van der Waals surface area (Å²) in [5, 5.41) is 0. The first-order chi connectivity index (χ1) is 11.9. The summed E-state index contributed by atoms with van der Waals surface area (Å²) < 4.78 is 42.2. The molecular weight excluding hydrogens is 325 g/mol. The second kappa shape index (κ2) is 7.38.